The van der Waals surface area contributed by atoms with Gasteiger partial charge in [0.05, 0.1) is 5.92 Å². The van der Waals surface area contributed by atoms with Crippen molar-refractivity contribution in [2.45, 2.75) is 52.6 Å². The summed E-state index contributed by atoms with van der Waals surface area (Å²) in [4.78, 5) is 17.2. The molecule has 1 amide bonds. The monoisotopic (exact) mass is 424 g/mol. The number of hydrogen-bond acceptors (Lipinski definition) is 5. The zero-order chi connectivity index (χ0) is 21.8. The number of piperidine rings is 1. The van der Waals surface area contributed by atoms with E-state index in [1.54, 1.807) is 0 Å². The Morgan fingerprint density at radius 3 is 2.68 bits per heavy atom. The Morgan fingerprint density at radius 1 is 1.10 bits per heavy atom. The fraction of sp³-hybridized carbons (Fsp3) is 0.625. The van der Waals surface area contributed by atoms with E-state index in [1.165, 1.54) is 16.7 Å². The molecule has 3 heterocycles. The summed E-state index contributed by atoms with van der Waals surface area (Å²) in [5.74, 6) is 2.36. The summed E-state index contributed by atoms with van der Waals surface area (Å²) in [5.41, 5.74) is 4.03. The van der Waals surface area contributed by atoms with Crippen molar-refractivity contribution in [1.29, 1.82) is 0 Å². The molecule has 1 fully saturated rings. The number of benzene rings is 1. The first kappa shape index (κ1) is 22.0. The van der Waals surface area contributed by atoms with E-state index in [0.717, 1.165) is 76.6 Å². The van der Waals surface area contributed by atoms with Crippen LogP contribution in [-0.4, -0.2) is 70.2 Å². The highest BCUT2D eigenvalue weighted by molar-refractivity contribution is 5.78. The quantitative estimate of drug-likeness (QED) is 0.768. The van der Waals surface area contributed by atoms with Crippen molar-refractivity contribution in [3.8, 4) is 0 Å². The average Bonchev–Trinajstić information content (AvgIpc) is 2.99. The number of likely N-dealkylation sites (tertiary alicyclic amines) is 1. The molecule has 0 radical (unpaired) electrons. The first-order valence-electron chi connectivity index (χ1n) is 11.6. The highest BCUT2D eigenvalue weighted by atomic mass is 16.1. The van der Waals surface area contributed by atoms with Gasteiger partial charge in [-0.3, -0.25) is 9.69 Å². The number of amides is 1. The summed E-state index contributed by atoms with van der Waals surface area (Å²) < 4.78 is 2.27. The Morgan fingerprint density at radius 2 is 1.90 bits per heavy atom. The van der Waals surface area contributed by atoms with Crippen LogP contribution in [0.1, 0.15) is 41.2 Å². The lowest BCUT2D eigenvalue weighted by atomic mass is 9.97. The molecule has 7 heteroatoms. The second kappa shape index (κ2) is 9.92. The minimum absolute atomic E-state index is 0.119. The van der Waals surface area contributed by atoms with Crippen LogP contribution in [0.25, 0.3) is 0 Å². The van der Waals surface area contributed by atoms with Crippen LogP contribution in [0.15, 0.2) is 18.2 Å². The number of aryl methyl sites for hydroxylation is 2. The fourth-order valence-electron chi connectivity index (χ4n) is 5.01. The molecule has 1 aromatic heterocycles. The van der Waals surface area contributed by atoms with E-state index in [0.29, 0.717) is 6.54 Å². The van der Waals surface area contributed by atoms with Gasteiger partial charge in [0.15, 0.2) is 0 Å². The van der Waals surface area contributed by atoms with Gasteiger partial charge < -0.3 is 14.8 Å². The number of carbonyl (C=O) groups excluding carboxylic acids is 1. The van der Waals surface area contributed by atoms with Crippen molar-refractivity contribution in [1.82, 2.24) is 29.9 Å². The lowest BCUT2D eigenvalue weighted by Gasteiger charge is -2.28. The summed E-state index contributed by atoms with van der Waals surface area (Å²) in [6, 6.07) is 6.80. The Balaban J connectivity index is 1.29. The molecule has 2 aliphatic rings. The number of nitrogens with zero attached hydrogens (tertiary/aromatic N) is 5. The van der Waals surface area contributed by atoms with Crippen LogP contribution in [-0.2, 0) is 30.7 Å². The van der Waals surface area contributed by atoms with Gasteiger partial charge in [-0.2, -0.15) is 0 Å². The standard InChI is InChI=1S/C24H36N6O/c1-18-13-19(2)15-20(14-18)16-29-10-7-23-27-26-22(30(23)12-11-29)6-8-25-24(31)21-5-4-9-28(3)17-21/h13-15,21H,4-12,16-17H2,1-3H3,(H,25,31). The van der Waals surface area contributed by atoms with Crippen molar-refractivity contribution in [2.24, 2.45) is 5.92 Å². The lowest BCUT2D eigenvalue weighted by molar-refractivity contribution is -0.126. The molecular weight excluding hydrogens is 388 g/mol. The summed E-state index contributed by atoms with van der Waals surface area (Å²) in [7, 11) is 2.09. The third-order valence-corrected chi connectivity index (χ3v) is 6.53. The van der Waals surface area contributed by atoms with Gasteiger partial charge in [0, 0.05) is 52.1 Å². The Bertz CT molecular complexity index is 887. The van der Waals surface area contributed by atoms with Crippen LogP contribution in [0.2, 0.25) is 0 Å². The molecule has 1 unspecified atom stereocenters. The zero-order valence-corrected chi connectivity index (χ0v) is 19.2. The maximum absolute atomic E-state index is 12.5. The summed E-state index contributed by atoms with van der Waals surface area (Å²) in [6.45, 7) is 10.8. The SMILES string of the molecule is Cc1cc(C)cc(CN2CCc3nnc(CCNC(=O)C4CCCN(C)C4)n3CC2)c1. The van der Waals surface area contributed by atoms with E-state index < -0.39 is 0 Å². The van der Waals surface area contributed by atoms with Gasteiger partial charge in [0.1, 0.15) is 11.6 Å². The van der Waals surface area contributed by atoms with Crippen molar-refractivity contribution < 1.29 is 4.79 Å². The Hall–Kier alpha value is -2.25. The zero-order valence-electron chi connectivity index (χ0n) is 19.2. The van der Waals surface area contributed by atoms with Crippen LogP contribution in [0.3, 0.4) is 0 Å². The highest BCUT2D eigenvalue weighted by Gasteiger charge is 2.24. The smallest absolute Gasteiger partial charge is 0.224 e. The molecule has 7 nitrogen and oxygen atoms in total. The van der Waals surface area contributed by atoms with Gasteiger partial charge in [-0.1, -0.05) is 29.3 Å². The van der Waals surface area contributed by atoms with Crippen molar-refractivity contribution >= 4 is 5.91 Å². The maximum Gasteiger partial charge on any atom is 0.224 e. The number of nitrogens with one attached hydrogen (secondary N) is 1. The molecule has 168 valence electrons. The van der Waals surface area contributed by atoms with E-state index in [1.807, 2.05) is 0 Å². The van der Waals surface area contributed by atoms with E-state index in [2.05, 4.69) is 69.0 Å². The molecule has 1 aromatic carbocycles. The molecule has 0 saturated carbocycles. The Labute approximate surface area is 185 Å². The molecular formula is C24H36N6O. The molecule has 1 saturated heterocycles. The third-order valence-electron chi connectivity index (χ3n) is 6.53. The van der Waals surface area contributed by atoms with E-state index >= 15 is 0 Å². The van der Waals surface area contributed by atoms with Gasteiger partial charge in [0.25, 0.3) is 0 Å². The second-order valence-electron chi connectivity index (χ2n) is 9.35. The predicted molar refractivity (Wildman–Crippen MR) is 122 cm³/mol. The number of carbonyl (C=O) groups is 1. The molecule has 31 heavy (non-hydrogen) atoms. The molecule has 2 aromatic rings. The van der Waals surface area contributed by atoms with Crippen molar-refractivity contribution in [3.05, 3.63) is 46.5 Å². The second-order valence-corrected chi connectivity index (χ2v) is 9.35. The molecule has 4 rings (SSSR count). The van der Waals surface area contributed by atoms with E-state index in [9.17, 15) is 4.79 Å². The third kappa shape index (κ3) is 5.71. The average molecular weight is 425 g/mol. The minimum atomic E-state index is 0.119. The van der Waals surface area contributed by atoms with Crippen molar-refractivity contribution in [2.75, 3.05) is 39.8 Å². The minimum Gasteiger partial charge on any atom is -0.355 e. The van der Waals surface area contributed by atoms with Gasteiger partial charge in [-0.05, 0) is 45.8 Å². The number of rotatable bonds is 6. The maximum atomic E-state index is 12.5. The van der Waals surface area contributed by atoms with E-state index in [-0.39, 0.29) is 11.8 Å². The normalized spacial score (nSPS) is 20.3. The van der Waals surface area contributed by atoms with Gasteiger partial charge in [0.2, 0.25) is 5.91 Å². The molecule has 2 aliphatic heterocycles. The summed E-state index contributed by atoms with van der Waals surface area (Å²) >= 11 is 0. The molecule has 1 atom stereocenters. The fourth-order valence-corrected chi connectivity index (χ4v) is 5.01. The first-order chi connectivity index (χ1) is 15.0. The first-order valence-corrected chi connectivity index (χ1v) is 11.6. The van der Waals surface area contributed by atoms with Gasteiger partial charge >= 0.3 is 0 Å². The van der Waals surface area contributed by atoms with Crippen LogP contribution in [0.4, 0.5) is 0 Å². The van der Waals surface area contributed by atoms with Crippen molar-refractivity contribution in [3.63, 3.8) is 0 Å². The van der Waals surface area contributed by atoms with Crippen LogP contribution in [0, 0.1) is 19.8 Å². The van der Waals surface area contributed by atoms with Gasteiger partial charge in [-0.25, -0.2) is 0 Å². The lowest BCUT2D eigenvalue weighted by Crippen LogP contribution is -2.42. The predicted octanol–water partition coefficient (Wildman–Crippen LogP) is 1.95. The molecule has 0 spiro atoms. The Kier molecular flexibility index (Phi) is 7.02. The summed E-state index contributed by atoms with van der Waals surface area (Å²) in [5, 5.41) is 12.0. The molecule has 1 N–H and O–H groups in total. The highest BCUT2D eigenvalue weighted by Crippen LogP contribution is 2.16. The number of fused-ring (bicyclic) bond motifs is 1. The van der Waals surface area contributed by atoms with Crippen LogP contribution < -0.4 is 5.32 Å². The van der Waals surface area contributed by atoms with Crippen LogP contribution >= 0.6 is 0 Å². The summed E-state index contributed by atoms with van der Waals surface area (Å²) in [6.07, 6.45) is 3.74. The van der Waals surface area contributed by atoms with Gasteiger partial charge in [-0.15, -0.1) is 10.2 Å². The van der Waals surface area contributed by atoms with E-state index in [4.69, 9.17) is 0 Å². The van der Waals surface area contributed by atoms with Crippen LogP contribution in [0.5, 0.6) is 0 Å². The number of hydrogen-bond donors (Lipinski definition) is 1. The molecule has 0 bridgehead atoms. The largest absolute Gasteiger partial charge is 0.355 e. The number of aromatic nitrogens is 3. The topological polar surface area (TPSA) is 66.3 Å². The molecule has 0 aliphatic carbocycles.